The molecular formula is C17H20Cl2N2O4S. The van der Waals surface area contributed by atoms with Crippen LogP contribution in [0.15, 0.2) is 30.7 Å². The zero-order valence-electron chi connectivity index (χ0n) is 14.1. The lowest BCUT2D eigenvalue weighted by Gasteiger charge is -2.32. The summed E-state index contributed by atoms with van der Waals surface area (Å²) in [6, 6.07) is 2.96. The van der Waals surface area contributed by atoms with Crippen LogP contribution in [0.3, 0.4) is 0 Å². The van der Waals surface area contributed by atoms with E-state index < -0.39 is 10.0 Å². The summed E-state index contributed by atoms with van der Waals surface area (Å²) >= 11 is 12.1. The SMILES string of the molecule is C=Cc1cc(OCC(=O)N2CCC(NS(=O)(=O)C=C)CC2)c(Cl)cc1Cl. The monoisotopic (exact) mass is 418 g/mol. The van der Waals surface area contributed by atoms with Crippen LogP contribution in [0.1, 0.15) is 18.4 Å². The third-order valence-corrected chi connectivity index (χ3v) is 5.74. The molecule has 0 atom stereocenters. The summed E-state index contributed by atoms with van der Waals surface area (Å²) in [4.78, 5) is 13.9. The molecule has 0 bridgehead atoms. The highest BCUT2D eigenvalue weighted by atomic mass is 35.5. The van der Waals surface area contributed by atoms with E-state index in [1.165, 1.54) is 6.07 Å². The first-order valence-electron chi connectivity index (χ1n) is 7.92. The molecule has 26 heavy (non-hydrogen) atoms. The quantitative estimate of drug-likeness (QED) is 0.737. The summed E-state index contributed by atoms with van der Waals surface area (Å²) < 4.78 is 31.0. The molecule has 9 heteroatoms. The van der Waals surface area contributed by atoms with Crippen LogP contribution in [-0.4, -0.2) is 45.0 Å². The zero-order valence-corrected chi connectivity index (χ0v) is 16.4. The van der Waals surface area contributed by atoms with Gasteiger partial charge in [0.25, 0.3) is 5.91 Å². The first-order valence-corrected chi connectivity index (χ1v) is 10.2. The van der Waals surface area contributed by atoms with Crippen LogP contribution in [0.25, 0.3) is 6.08 Å². The maximum Gasteiger partial charge on any atom is 0.260 e. The fourth-order valence-corrected chi connectivity index (χ4v) is 3.88. The lowest BCUT2D eigenvalue weighted by Crippen LogP contribution is -2.47. The maximum atomic E-state index is 12.3. The van der Waals surface area contributed by atoms with E-state index >= 15 is 0 Å². The Morgan fingerprint density at radius 1 is 1.27 bits per heavy atom. The molecule has 1 aliphatic heterocycles. The molecule has 0 saturated carbocycles. The smallest absolute Gasteiger partial charge is 0.260 e. The highest BCUT2D eigenvalue weighted by Crippen LogP contribution is 2.31. The average molecular weight is 419 g/mol. The van der Waals surface area contributed by atoms with Gasteiger partial charge >= 0.3 is 0 Å². The Labute approximate surface area is 163 Å². The fourth-order valence-electron chi connectivity index (χ4n) is 2.57. The van der Waals surface area contributed by atoms with Gasteiger partial charge in [-0.15, -0.1) is 0 Å². The molecule has 1 aliphatic rings. The van der Waals surface area contributed by atoms with Gasteiger partial charge in [-0.25, -0.2) is 13.1 Å². The number of hydrogen-bond acceptors (Lipinski definition) is 4. The summed E-state index contributed by atoms with van der Waals surface area (Å²) in [6.45, 7) is 7.64. The largest absolute Gasteiger partial charge is 0.482 e. The first kappa shape index (κ1) is 20.8. The number of benzene rings is 1. The highest BCUT2D eigenvalue weighted by molar-refractivity contribution is 7.92. The number of piperidine rings is 1. The molecule has 0 aromatic heterocycles. The Kier molecular flexibility index (Phi) is 7.11. The van der Waals surface area contributed by atoms with Gasteiger partial charge in [-0.05, 0) is 30.5 Å². The van der Waals surface area contributed by atoms with E-state index in [4.69, 9.17) is 27.9 Å². The van der Waals surface area contributed by atoms with Crippen LogP contribution < -0.4 is 9.46 Å². The second-order valence-corrected chi connectivity index (χ2v) is 8.25. The standard InChI is InChI=1S/C17H20Cl2N2O4S/c1-3-12-9-16(15(19)10-14(12)18)25-11-17(22)21-7-5-13(6-8-21)20-26(23,24)4-2/h3-4,9-10,13,20H,1-2,5-8,11H2. The Morgan fingerprint density at radius 3 is 2.50 bits per heavy atom. The first-order chi connectivity index (χ1) is 12.3. The van der Waals surface area contributed by atoms with Gasteiger partial charge in [-0.3, -0.25) is 4.79 Å². The van der Waals surface area contributed by atoms with Crippen molar-refractivity contribution >= 4 is 45.2 Å². The van der Waals surface area contributed by atoms with E-state index in [1.54, 1.807) is 17.0 Å². The van der Waals surface area contributed by atoms with E-state index in [1.807, 2.05) is 0 Å². The Balaban J connectivity index is 1.88. The highest BCUT2D eigenvalue weighted by Gasteiger charge is 2.25. The molecule has 1 amide bonds. The number of halogens is 2. The van der Waals surface area contributed by atoms with Crippen molar-refractivity contribution in [3.8, 4) is 5.75 Å². The number of carbonyl (C=O) groups is 1. The van der Waals surface area contributed by atoms with Crippen molar-refractivity contribution in [2.45, 2.75) is 18.9 Å². The van der Waals surface area contributed by atoms with Gasteiger partial charge in [0.15, 0.2) is 6.61 Å². The van der Waals surface area contributed by atoms with Crippen LogP contribution in [0.4, 0.5) is 0 Å². The van der Waals surface area contributed by atoms with Gasteiger partial charge in [0.05, 0.1) is 5.02 Å². The molecule has 1 aromatic rings. The van der Waals surface area contributed by atoms with Gasteiger partial charge < -0.3 is 9.64 Å². The van der Waals surface area contributed by atoms with E-state index in [2.05, 4.69) is 17.9 Å². The molecule has 0 radical (unpaired) electrons. The summed E-state index contributed by atoms with van der Waals surface area (Å²) in [6.07, 6.45) is 2.63. The van der Waals surface area contributed by atoms with Crippen LogP contribution in [0.5, 0.6) is 5.75 Å². The van der Waals surface area contributed by atoms with Crippen LogP contribution in [0.2, 0.25) is 10.0 Å². The summed E-state index contributed by atoms with van der Waals surface area (Å²) in [5, 5.41) is 1.64. The van der Waals surface area contributed by atoms with Crippen molar-refractivity contribution < 1.29 is 17.9 Å². The normalized spacial score (nSPS) is 15.5. The number of nitrogens with one attached hydrogen (secondary N) is 1. The molecule has 6 nitrogen and oxygen atoms in total. The predicted octanol–water partition coefficient (Wildman–Crippen LogP) is 3.07. The molecular weight excluding hydrogens is 399 g/mol. The van der Waals surface area contributed by atoms with Gasteiger partial charge in [-0.1, -0.05) is 42.4 Å². The number of carbonyl (C=O) groups excluding carboxylic acids is 1. The van der Waals surface area contributed by atoms with E-state index in [0.717, 1.165) is 5.41 Å². The Hall–Kier alpha value is -1.54. The number of amides is 1. The van der Waals surface area contributed by atoms with Gasteiger partial charge in [0.1, 0.15) is 5.75 Å². The third-order valence-electron chi connectivity index (χ3n) is 4.02. The number of sulfonamides is 1. The number of nitrogens with zero attached hydrogens (tertiary/aromatic N) is 1. The van der Waals surface area contributed by atoms with E-state index in [0.29, 0.717) is 47.3 Å². The summed E-state index contributed by atoms with van der Waals surface area (Å²) in [5.74, 6) is 0.161. The Morgan fingerprint density at radius 2 is 1.92 bits per heavy atom. The van der Waals surface area contributed by atoms with Gasteiger partial charge in [0.2, 0.25) is 10.0 Å². The second-order valence-electron chi connectivity index (χ2n) is 5.78. The van der Waals surface area contributed by atoms with E-state index in [9.17, 15) is 13.2 Å². The number of ether oxygens (including phenoxy) is 1. The molecule has 142 valence electrons. The minimum atomic E-state index is -3.47. The van der Waals surface area contributed by atoms with Crippen LogP contribution >= 0.6 is 23.2 Å². The van der Waals surface area contributed by atoms with Crippen molar-refractivity contribution in [3.63, 3.8) is 0 Å². The minimum Gasteiger partial charge on any atom is -0.482 e. The third kappa shape index (κ3) is 5.48. The number of hydrogen-bond donors (Lipinski definition) is 1. The van der Waals surface area contributed by atoms with Gasteiger partial charge in [0, 0.05) is 29.6 Å². The molecule has 1 fully saturated rings. The topological polar surface area (TPSA) is 75.7 Å². The van der Waals surface area contributed by atoms with Crippen molar-refractivity contribution in [1.29, 1.82) is 0 Å². The molecule has 1 heterocycles. The Bertz CT molecular complexity index is 803. The van der Waals surface area contributed by atoms with Crippen molar-refractivity contribution in [3.05, 3.63) is 46.3 Å². The van der Waals surface area contributed by atoms with Crippen LogP contribution in [0, 0.1) is 0 Å². The van der Waals surface area contributed by atoms with Gasteiger partial charge in [-0.2, -0.15) is 0 Å². The van der Waals surface area contributed by atoms with Crippen molar-refractivity contribution in [1.82, 2.24) is 9.62 Å². The maximum absolute atomic E-state index is 12.3. The molecule has 0 spiro atoms. The molecule has 1 N–H and O–H groups in total. The lowest BCUT2D eigenvalue weighted by molar-refractivity contribution is -0.134. The molecule has 0 aliphatic carbocycles. The fraction of sp³-hybridized carbons (Fsp3) is 0.353. The predicted molar refractivity (Wildman–Crippen MR) is 104 cm³/mol. The number of rotatable bonds is 7. The molecule has 2 rings (SSSR count). The molecule has 0 unspecified atom stereocenters. The van der Waals surface area contributed by atoms with E-state index in [-0.39, 0.29) is 18.6 Å². The zero-order chi connectivity index (χ0) is 19.3. The van der Waals surface area contributed by atoms with Crippen molar-refractivity contribution in [2.75, 3.05) is 19.7 Å². The van der Waals surface area contributed by atoms with Crippen LogP contribution in [-0.2, 0) is 14.8 Å². The molecule has 1 saturated heterocycles. The molecule has 1 aromatic carbocycles. The average Bonchev–Trinajstić information content (AvgIpc) is 2.61. The second kappa shape index (κ2) is 8.90. The number of likely N-dealkylation sites (tertiary alicyclic amines) is 1. The minimum absolute atomic E-state index is 0.166. The summed E-state index contributed by atoms with van der Waals surface area (Å²) in [5.41, 5.74) is 0.661. The summed E-state index contributed by atoms with van der Waals surface area (Å²) in [7, 11) is -3.47. The van der Waals surface area contributed by atoms with Crippen molar-refractivity contribution in [2.24, 2.45) is 0 Å². The lowest BCUT2D eigenvalue weighted by atomic mass is 10.1.